The summed E-state index contributed by atoms with van der Waals surface area (Å²) < 4.78 is 13.1. The number of carboxylic acid groups (broad SMARTS) is 1. The molecule has 3 N–H and O–H groups in total. The van der Waals surface area contributed by atoms with Crippen LogP contribution in [0, 0.1) is 11.2 Å². The summed E-state index contributed by atoms with van der Waals surface area (Å²) in [6.45, 7) is 10.5. The topological polar surface area (TPSA) is 118 Å². The number of piperidine rings is 2. The molecule has 2 aromatic heterocycles. The molecule has 3 aromatic carbocycles. The number of nitrogens with zero attached hydrogens (tertiary/aromatic N) is 4. The number of likely N-dealkylation sites (tertiary alicyclic amines) is 2. The van der Waals surface area contributed by atoms with E-state index in [0.29, 0.717) is 24.8 Å². The molecule has 2 unspecified atom stereocenters. The molecule has 54 heavy (non-hydrogen) atoms. The molecule has 10 heteroatoms. The van der Waals surface area contributed by atoms with Crippen molar-refractivity contribution in [3.05, 3.63) is 109 Å². The number of unbranched alkanes of at least 4 members (excludes halogenated alkanes) is 1. The van der Waals surface area contributed by atoms with Gasteiger partial charge in [-0.1, -0.05) is 88.7 Å². The molecule has 2 atom stereocenters. The highest BCUT2D eigenvalue weighted by molar-refractivity contribution is 5.76. The lowest BCUT2D eigenvalue weighted by molar-refractivity contribution is -0.132. The first-order valence-electron chi connectivity index (χ1n) is 19.3. The van der Waals surface area contributed by atoms with Crippen LogP contribution in [-0.2, 0) is 4.79 Å². The lowest BCUT2D eigenvalue weighted by atomic mass is 9.77. The quantitative estimate of drug-likeness (QED) is 0.147. The highest BCUT2D eigenvalue weighted by atomic mass is 19.1. The summed E-state index contributed by atoms with van der Waals surface area (Å²) in [6.07, 6.45) is 9.05. The molecule has 2 fully saturated rings. The Morgan fingerprint density at radius 2 is 1.28 bits per heavy atom. The van der Waals surface area contributed by atoms with Crippen LogP contribution in [0.4, 0.5) is 9.18 Å². The fourth-order valence-corrected chi connectivity index (χ4v) is 7.64. The summed E-state index contributed by atoms with van der Waals surface area (Å²) in [5.41, 5.74) is 6.25. The summed E-state index contributed by atoms with van der Waals surface area (Å²) in [5.74, 6) is 2.56. The third-order valence-electron chi connectivity index (χ3n) is 10.9. The Kier molecular flexibility index (Phi) is 12.3. The molecule has 2 aliphatic heterocycles. The van der Waals surface area contributed by atoms with Crippen LogP contribution in [-0.4, -0.2) is 72.5 Å². The number of H-pyrrole nitrogens is 2. The van der Waals surface area contributed by atoms with E-state index in [1.54, 1.807) is 23.2 Å². The van der Waals surface area contributed by atoms with Gasteiger partial charge in [-0.05, 0) is 84.0 Å². The van der Waals surface area contributed by atoms with Crippen molar-refractivity contribution in [3.8, 4) is 33.6 Å². The maximum absolute atomic E-state index is 13.1. The summed E-state index contributed by atoms with van der Waals surface area (Å²) in [5, 5.41) is 9.48. The molecule has 2 amide bonds. The smallest absolute Gasteiger partial charge is 0.407 e. The van der Waals surface area contributed by atoms with Crippen LogP contribution in [0.25, 0.3) is 33.6 Å². The third-order valence-corrected chi connectivity index (χ3v) is 10.9. The highest BCUT2D eigenvalue weighted by Gasteiger charge is 2.39. The van der Waals surface area contributed by atoms with Crippen molar-refractivity contribution in [3.63, 3.8) is 0 Å². The van der Waals surface area contributed by atoms with Gasteiger partial charge in [-0.2, -0.15) is 0 Å². The van der Waals surface area contributed by atoms with Crippen LogP contribution in [0.5, 0.6) is 0 Å². The molecular weight excluding hydrogens is 680 g/mol. The first-order valence-corrected chi connectivity index (χ1v) is 19.3. The van der Waals surface area contributed by atoms with E-state index in [0.717, 1.165) is 85.8 Å². The summed E-state index contributed by atoms with van der Waals surface area (Å²) in [7, 11) is 0. The average molecular weight is 733 g/mol. The SMILES string of the molecule is CC(C)(C)C1CC(c2ncc(-c3ccc(F)cc3)[nH]2)CCN1C(=O)O.CCCCC(=O)N1CCC(c2ncc(-c3ccc(-c4ccccc4)cc3)[nH]2)CC1. The second-order valence-electron chi connectivity index (χ2n) is 15.7. The second kappa shape index (κ2) is 17.3. The Balaban J connectivity index is 0.000000186. The van der Waals surface area contributed by atoms with Gasteiger partial charge < -0.3 is 24.9 Å². The summed E-state index contributed by atoms with van der Waals surface area (Å²) >= 11 is 0. The third kappa shape index (κ3) is 9.45. The Morgan fingerprint density at radius 3 is 1.83 bits per heavy atom. The molecule has 284 valence electrons. The van der Waals surface area contributed by atoms with Crippen molar-refractivity contribution < 1.29 is 19.1 Å². The largest absolute Gasteiger partial charge is 0.465 e. The van der Waals surface area contributed by atoms with Crippen molar-refractivity contribution in [2.24, 2.45) is 5.41 Å². The van der Waals surface area contributed by atoms with E-state index in [1.165, 1.54) is 23.3 Å². The minimum atomic E-state index is -0.857. The van der Waals surface area contributed by atoms with Crippen LogP contribution < -0.4 is 0 Å². The number of rotatable bonds is 8. The molecule has 0 bridgehead atoms. The van der Waals surface area contributed by atoms with E-state index in [1.807, 2.05) is 17.2 Å². The van der Waals surface area contributed by atoms with E-state index in [-0.39, 0.29) is 23.2 Å². The van der Waals surface area contributed by atoms with Crippen molar-refractivity contribution >= 4 is 12.0 Å². The van der Waals surface area contributed by atoms with Gasteiger partial charge in [-0.15, -0.1) is 0 Å². The normalized spacial score (nSPS) is 17.9. The fraction of sp³-hybridized carbons (Fsp3) is 0.409. The number of hydrogen-bond donors (Lipinski definition) is 3. The van der Waals surface area contributed by atoms with E-state index in [9.17, 15) is 19.1 Å². The van der Waals surface area contributed by atoms with E-state index in [4.69, 9.17) is 0 Å². The van der Waals surface area contributed by atoms with Gasteiger partial charge in [0.05, 0.1) is 23.8 Å². The molecule has 2 aliphatic rings. The molecule has 9 nitrogen and oxygen atoms in total. The Morgan fingerprint density at radius 1 is 0.759 bits per heavy atom. The molecule has 0 aliphatic carbocycles. The van der Waals surface area contributed by atoms with Crippen LogP contribution in [0.2, 0.25) is 0 Å². The lowest BCUT2D eigenvalue weighted by Crippen LogP contribution is -2.51. The second-order valence-corrected chi connectivity index (χ2v) is 15.7. The standard InChI is InChI=1S/C25H29N3O.C19H24FN3O2/c1-2-3-9-24(29)28-16-14-22(15-17-28)25-26-18-23(27-25)21-12-10-20(11-13-21)19-7-5-4-6-8-19;1-19(2,3)16-10-13(8-9-23(16)18(24)25)17-21-11-15(22-17)12-4-6-14(20)7-5-12/h4-8,10-13,18,22H,2-3,9,14-17H2,1H3,(H,26,27);4-7,11,13,16H,8-10H2,1-3H3,(H,21,22)(H,24,25). The Hall–Kier alpha value is -5.25. The van der Waals surface area contributed by atoms with Crippen LogP contribution in [0.1, 0.15) is 96.1 Å². The van der Waals surface area contributed by atoms with Crippen LogP contribution >= 0.6 is 0 Å². The minimum Gasteiger partial charge on any atom is -0.465 e. The van der Waals surface area contributed by atoms with Gasteiger partial charge in [0.1, 0.15) is 17.5 Å². The molecule has 0 saturated carbocycles. The predicted octanol–water partition coefficient (Wildman–Crippen LogP) is 10.1. The first kappa shape index (κ1) is 38.5. The molecule has 4 heterocycles. The maximum atomic E-state index is 13.1. The number of benzene rings is 3. The molecule has 0 spiro atoms. The zero-order valence-corrected chi connectivity index (χ0v) is 31.9. The van der Waals surface area contributed by atoms with Gasteiger partial charge in [0.15, 0.2) is 0 Å². The summed E-state index contributed by atoms with van der Waals surface area (Å²) in [4.78, 5) is 43.4. The van der Waals surface area contributed by atoms with Gasteiger partial charge in [-0.25, -0.2) is 19.2 Å². The lowest BCUT2D eigenvalue weighted by Gasteiger charge is -2.44. The Bertz CT molecular complexity index is 1960. The number of aromatic amines is 2. The monoisotopic (exact) mass is 732 g/mol. The number of halogens is 1. The van der Waals surface area contributed by atoms with E-state index >= 15 is 0 Å². The maximum Gasteiger partial charge on any atom is 0.407 e. The van der Waals surface area contributed by atoms with Crippen molar-refractivity contribution in [2.75, 3.05) is 19.6 Å². The molecular formula is C44H53FN6O3. The number of aromatic nitrogens is 4. The van der Waals surface area contributed by atoms with E-state index < -0.39 is 6.09 Å². The number of carbonyl (C=O) groups excluding carboxylic acids is 1. The zero-order valence-electron chi connectivity index (χ0n) is 31.9. The van der Waals surface area contributed by atoms with Gasteiger partial charge in [0, 0.05) is 43.9 Å². The fourth-order valence-electron chi connectivity index (χ4n) is 7.64. The van der Waals surface area contributed by atoms with Crippen LogP contribution in [0.15, 0.2) is 91.3 Å². The van der Waals surface area contributed by atoms with Crippen molar-refractivity contribution in [1.82, 2.24) is 29.7 Å². The van der Waals surface area contributed by atoms with Crippen LogP contribution in [0.3, 0.4) is 0 Å². The first-order chi connectivity index (χ1) is 26.0. The van der Waals surface area contributed by atoms with E-state index in [2.05, 4.69) is 96.2 Å². The zero-order chi connectivity index (χ0) is 38.2. The Labute approximate surface area is 318 Å². The number of imidazole rings is 2. The number of carbonyl (C=O) groups is 2. The highest BCUT2D eigenvalue weighted by Crippen LogP contribution is 2.39. The molecule has 5 aromatic rings. The van der Waals surface area contributed by atoms with Gasteiger partial charge in [0.2, 0.25) is 5.91 Å². The van der Waals surface area contributed by atoms with Gasteiger partial charge in [-0.3, -0.25) is 4.79 Å². The average Bonchev–Trinajstić information content (AvgIpc) is 3.89. The van der Waals surface area contributed by atoms with Crippen molar-refractivity contribution in [2.45, 2.75) is 90.5 Å². The molecule has 7 rings (SSSR count). The molecule has 2 saturated heterocycles. The number of amides is 2. The van der Waals surface area contributed by atoms with Gasteiger partial charge in [0.25, 0.3) is 0 Å². The minimum absolute atomic E-state index is 0.0527. The van der Waals surface area contributed by atoms with Gasteiger partial charge >= 0.3 is 6.09 Å². The number of nitrogens with one attached hydrogen (secondary N) is 2. The predicted molar refractivity (Wildman–Crippen MR) is 211 cm³/mol. The van der Waals surface area contributed by atoms with Crippen molar-refractivity contribution in [1.29, 1.82) is 0 Å². The summed E-state index contributed by atoms with van der Waals surface area (Å²) in [6, 6.07) is 25.3. The molecule has 0 radical (unpaired) electrons. The number of hydrogen-bond acceptors (Lipinski definition) is 4.